The van der Waals surface area contributed by atoms with Gasteiger partial charge < -0.3 is 10.4 Å². The zero-order chi connectivity index (χ0) is 17.1. The van der Waals surface area contributed by atoms with Crippen LogP contribution in [-0.2, 0) is 13.6 Å². The summed E-state index contributed by atoms with van der Waals surface area (Å²) in [6, 6.07) is 9.67. The Morgan fingerprint density at radius 1 is 1.25 bits per heavy atom. The first-order valence-corrected chi connectivity index (χ1v) is 8.81. The summed E-state index contributed by atoms with van der Waals surface area (Å²) in [4.78, 5) is 12.8. The molecule has 2 N–H and O–H groups in total. The maximum Gasteiger partial charge on any atom is 0.276 e. The number of nitrogens with one attached hydrogen (secondary N) is 1. The van der Waals surface area contributed by atoms with Gasteiger partial charge in [0.25, 0.3) is 5.56 Å². The Labute approximate surface area is 142 Å². The fourth-order valence-electron chi connectivity index (χ4n) is 3.68. The third kappa shape index (κ3) is 3.32. The second kappa shape index (κ2) is 7.36. The average molecular weight is 329 g/mol. The smallest absolute Gasteiger partial charge is 0.276 e. The molecule has 0 spiro atoms. The number of aliphatic hydroxyl groups is 1. The lowest BCUT2D eigenvalue weighted by atomic mass is 10.0. The van der Waals surface area contributed by atoms with Crippen molar-refractivity contribution in [3.8, 4) is 5.69 Å². The predicted octanol–water partition coefficient (Wildman–Crippen LogP) is 2.13. The SMILES string of the molecule is Cc1c(CNCC(O)C2CCCC2)c(=O)n(-c2ccccc2)n1C. The molecule has 3 rings (SSSR count). The number of hydrogen-bond donors (Lipinski definition) is 2. The van der Waals surface area contributed by atoms with Gasteiger partial charge in [0.2, 0.25) is 0 Å². The first-order chi connectivity index (χ1) is 11.6. The molecule has 5 heteroatoms. The van der Waals surface area contributed by atoms with E-state index in [1.54, 1.807) is 4.68 Å². The third-order valence-electron chi connectivity index (χ3n) is 5.27. The van der Waals surface area contributed by atoms with E-state index < -0.39 is 0 Å². The van der Waals surface area contributed by atoms with Crippen LogP contribution in [0.5, 0.6) is 0 Å². The van der Waals surface area contributed by atoms with Crippen molar-refractivity contribution in [2.24, 2.45) is 13.0 Å². The molecule has 1 fully saturated rings. The molecule has 0 aliphatic heterocycles. The summed E-state index contributed by atoms with van der Waals surface area (Å²) in [6.45, 7) is 3.00. The highest BCUT2D eigenvalue weighted by molar-refractivity contribution is 5.33. The van der Waals surface area contributed by atoms with Gasteiger partial charge in [-0.3, -0.25) is 9.48 Å². The lowest BCUT2D eigenvalue weighted by Crippen LogP contribution is -2.33. The minimum Gasteiger partial charge on any atom is -0.392 e. The van der Waals surface area contributed by atoms with Crippen LogP contribution in [0.2, 0.25) is 0 Å². The molecule has 0 radical (unpaired) electrons. The van der Waals surface area contributed by atoms with Gasteiger partial charge in [0.1, 0.15) is 0 Å². The maximum atomic E-state index is 12.8. The van der Waals surface area contributed by atoms with Gasteiger partial charge in [0, 0.05) is 25.8 Å². The second-order valence-electron chi connectivity index (χ2n) is 6.78. The Kier molecular flexibility index (Phi) is 5.21. The van der Waals surface area contributed by atoms with E-state index in [4.69, 9.17) is 0 Å². The number of nitrogens with zero attached hydrogens (tertiary/aromatic N) is 2. The molecule has 1 heterocycles. The van der Waals surface area contributed by atoms with Crippen LogP contribution in [0, 0.1) is 12.8 Å². The molecule has 2 aromatic rings. The lowest BCUT2D eigenvalue weighted by molar-refractivity contribution is 0.109. The summed E-state index contributed by atoms with van der Waals surface area (Å²) in [5, 5.41) is 13.5. The standard InChI is InChI=1S/C19H27N3O2/c1-14-17(12-20-13-18(23)15-8-6-7-9-15)19(24)22(21(14)2)16-10-4-3-5-11-16/h3-5,10-11,15,18,20,23H,6-9,12-13H2,1-2H3. The molecule has 0 saturated heterocycles. The minimum absolute atomic E-state index is 0.00376. The highest BCUT2D eigenvalue weighted by Gasteiger charge is 2.23. The lowest BCUT2D eigenvalue weighted by Gasteiger charge is -2.17. The van der Waals surface area contributed by atoms with E-state index in [1.165, 1.54) is 12.8 Å². The van der Waals surface area contributed by atoms with Gasteiger partial charge in [-0.25, -0.2) is 4.68 Å². The largest absolute Gasteiger partial charge is 0.392 e. The highest BCUT2D eigenvalue weighted by Crippen LogP contribution is 2.27. The molecule has 1 aliphatic carbocycles. The Hall–Kier alpha value is -1.85. The molecule has 1 aliphatic rings. The maximum absolute atomic E-state index is 12.8. The van der Waals surface area contributed by atoms with Gasteiger partial charge in [-0.2, -0.15) is 0 Å². The van der Waals surface area contributed by atoms with Crippen LogP contribution >= 0.6 is 0 Å². The first-order valence-electron chi connectivity index (χ1n) is 8.81. The zero-order valence-electron chi connectivity index (χ0n) is 14.5. The molecule has 1 saturated carbocycles. The molecular weight excluding hydrogens is 302 g/mol. The summed E-state index contributed by atoms with van der Waals surface area (Å²) in [5.41, 5.74) is 2.58. The molecule has 5 nitrogen and oxygen atoms in total. The summed E-state index contributed by atoms with van der Waals surface area (Å²) in [5.74, 6) is 0.412. The number of rotatable bonds is 6. The van der Waals surface area contributed by atoms with Crippen LogP contribution in [-0.4, -0.2) is 27.1 Å². The number of benzene rings is 1. The Morgan fingerprint density at radius 2 is 1.92 bits per heavy atom. The molecular formula is C19H27N3O2. The second-order valence-corrected chi connectivity index (χ2v) is 6.78. The normalized spacial score (nSPS) is 16.6. The molecule has 130 valence electrons. The molecule has 1 unspecified atom stereocenters. The van der Waals surface area contributed by atoms with E-state index in [0.717, 1.165) is 29.8 Å². The Bertz CT molecular complexity index is 727. The van der Waals surface area contributed by atoms with Gasteiger partial charge in [-0.1, -0.05) is 31.0 Å². The van der Waals surface area contributed by atoms with Crippen molar-refractivity contribution in [2.75, 3.05) is 6.54 Å². The average Bonchev–Trinajstić information content (AvgIpc) is 3.19. The van der Waals surface area contributed by atoms with E-state index in [-0.39, 0.29) is 11.7 Å². The number of hydrogen-bond acceptors (Lipinski definition) is 3. The van der Waals surface area contributed by atoms with E-state index in [9.17, 15) is 9.90 Å². The van der Waals surface area contributed by atoms with Crippen molar-refractivity contribution < 1.29 is 5.11 Å². The highest BCUT2D eigenvalue weighted by atomic mass is 16.3. The van der Waals surface area contributed by atoms with Crippen LogP contribution < -0.4 is 10.9 Å². The third-order valence-corrected chi connectivity index (χ3v) is 5.27. The predicted molar refractivity (Wildman–Crippen MR) is 95.4 cm³/mol. The molecule has 1 aromatic heterocycles. The number of aliphatic hydroxyl groups excluding tert-OH is 1. The Morgan fingerprint density at radius 3 is 2.58 bits per heavy atom. The Balaban J connectivity index is 1.71. The molecule has 24 heavy (non-hydrogen) atoms. The van der Waals surface area contributed by atoms with Gasteiger partial charge in [0.05, 0.1) is 17.4 Å². The van der Waals surface area contributed by atoms with Gasteiger partial charge in [0.15, 0.2) is 0 Å². The van der Waals surface area contributed by atoms with E-state index >= 15 is 0 Å². The number of para-hydroxylation sites is 1. The van der Waals surface area contributed by atoms with Gasteiger partial charge in [-0.15, -0.1) is 0 Å². The minimum atomic E-state index is -0.312. The van der Waals surface area contributed by atoms with Crippen LogP contribution in [0.1, 0.15) is 36.9 Å². The summed E-state index contributed by atoms with van der Waals surface area (Å²) < 4.78 is 3.59. The van der Waals surface area contributed by atoms with Crippen molar-refractivity contribution in [3.63, 3.8) is 0 Å². The monoisotopic (exact) mass is 329 g/mol. The van der Waals surface area contributed by atoms with E-state index in [2.05, 4.69) is 5.32 Å². The molecule has 0 bridgehead atoms. The zero-order valence-corrected chi connectivity index (χ0v) is 14.5. The van der Waals surface area contributed by atoms with Crippen molar-refractivity contribution in [1.29, 1.82) is 0 Å². The molecule has 1 aromatic carbocycles. The van der Waals surface area contributed by atoms with Crippen molar-refractivity contribution in [1.82, 2.24) is 14.7 Å². The van der Waals surface area contributed by atoms with E-state index in [0.29, 0.717) is 19.0 Å². The van der Waals surface area contributed by atoms with Crippen molar-refractivity contribution >= 4 is 0 Å². The van der Waals surface area contributed by atoms with Crippen LogP contribution in [0.3, 0.4) is 0 Å². The molecule has 0 amide bonds. The van der Waals surface area contributed by atoms with Crippen LogP contribution in [0.15, 0.2) is 35.1 Å². The summed E-state index contributed by atoms with van der Waals surface area (Å²) in [7, 11) is 1.90. The number of aromatic nitrogens is 2. The van der Waals surface area contributed by atoms with Crippen LogP contribution in [0.25, 0.3) is 5.69 Å². The van der Waals surface area contributed by atoms with Gasteiger partial charge >= 0.3 is 0 Å². The summed E-state index contributed by atoms with van der Waals surface area (Å²) in [6.07, 6.45) is 4.37. The van der Waals surface area contributed by atoms with Crippen molar-refractivity contribution in [3.05, 3.63) is 51.9 Å². The van der Waals surface area contributed by atoms with Crippen LogP contribution in [0.4, 0.5) is 0 Å². The quantitative estimate of drug-likeness (QED) is 0.853. The fraction of sp³-hybridized carbons (Fsp3) is 0.526. The van der Waals surface area contributed by atoms with Crippen molar-refractivity contribution in [2.45, 2.75) is 45.3 Å². The fourth-order valence-corrected chi connectivity index (χ4v) is 3.68. The van der Waals surface area contributed by atoms with Gasteiger partial charge in [-0.05, 0) is 37.8 Å². The van der Waals surface area contributed by atoms with E-state index in [1.807, 2.05) is 49.0 Å². The molecule has 1 atom stereocenters. The topological polar surface area (TPSA) is 59.2 Å². The first kappa shape index (κ1) is 17.0. The summed E-state index contributed by atoms with van der Waals surface area (Å²) >= 11 is 0.